The molecule has 1 unspecified atom stereocenters. The van der Waals surface area contributed by atoms with Crippen LogP contribution in [0, 0.1) is 0 Å². The van der Waals surface area contributed by atoms with Crippen molar-refractivity contribution in [1.82, 2.24) is 20.4 Å². The van der Waals surface area contributed by atoms with Crippen LogP contribution in [0.15, 0.2) is 60.7 Å². The fraction of sp³-hybridized carbons (Fsp3) is 0.481. The molecule has 1 fully saturated rings. The first-order valence-corrected chi connectivity index (χ1v) is 12.1. The number of carbonyl (C=O) groups is 2. The third-order valence-corrected chi connectivity index (χ3v) is 6.34. The van der Waals surface area contributed by atoms with E-state index in [0.717, 1.165) is 32.6 Å². The van der Waals surface area contributed by atoms with Gasteiger partial charge in [-0.05, 0) is 31.4 Å². The molecule has 7 heteroatoms. The van der Waals surface area contributed by atoms with Crippen LogP contribution in [-0.4, -0.2) is 66.8 Å². The largest absolute Gasteiger partial charge is 0.469 e. The molecule has 1 atom stereocenters. The molecule has 0 aromatic heterocycles. The molecule has 0 bridgehead atoms. The fourth-order valence-electron chi connectivity index (χ4n) is 4.62. The van der Waals surface area contributed by atoms with Crippen molar-refractivity contribution in [2.45, 2.75) is 51.4 Å². The highest BCUT2D eigenvalue weighted by molar-refractivity contribution is 5.77. The number of nitrogens with one attached hydrogen (secondary N) is 2. The van der Waals surface area contributed by atoms with E-state index in [9.17, 15) is 9.59 Å². The van der Waals surface area contributed by atoms with E-state index in [4.69, 9.17) is 4.74 Å². The summed E-state index contributed by atoms with van der Waals surface area (Å²) < 4.78 is 4.73. The van der Waals surface area contributed by atoms with Crippen LogP contribution in [0.25, 0.3) is 0 Å². The van der Waals surface area contributed by atoms with Gasteiger partial charge in [0.1, 0.15) is 0 Å². The molecule has 2 aromatic carbocycles. The molecule has 0 radical (unpaired) electrons. The number of hydrogen-bond acceptors (Lipinski definition) is 5. The maximum atomic E-state index is 12.7. The molecule has 0 saturated carbocycles. The van der Waals surface area contributed by atoms with Crippen molar-refractivity contribution in [3.05, 3.63) is 71.8 Å². The molecule has 1 saturated heterocycles. The normalized spacial score (nSPS) is 16.1. The number of urea groups is 1. The quantitative estimate of drug-likeness (QED) is 0.551. The predicted molar refractivity (Wildman–Crippen MR) is 134 cm³/mol. The van der Waals surface area contributed by atoms with Crippen LogP contribution in [0.2, 0.25) is 0 Å². The Morgan fingerprint density at radius 1 is 0.912 bits per heavy atom. The zero-order chi connectivity index (χ0) is 24.6. The molecule has 3 rings (SSSR count). The van der Waals surface area contributed by atoms with Gasteiger partial charge >= 0.3 is 12.0 Å². The summed E-state index contributed by atoms with van der Waals surface area (Å²) in [4.78, 5) is 29.1. The highest BCUT2D eigenvalue weighted by Crippen LogP contribution is 2.29. The summed E-state index contributed by atoms with van der Waals surface area (Å²) in [5.74, 6) is -0.347. The van der Waals surface area contributed by atoms with Crippen molar-refractivity contribution < 1.29 is 14.3 Å². The Kier molecular flexibility index (Phi) is 9.07. The van der Waals surface area contributed by atoms with Gasteiger partial charge in [0.2, 0.25) is 0 Å². The second kappa shape index (κ2) is 12.0. The lowest BCUT2D eigenvalue weighted by Crippen LogP contribution is -2.59. The van der Waals surface area contributed by atoms with Crippen LogP contribution in [0.1, 0.15) is 50.8 Å². The van der Waals surface area contributed by atoms with Crippen molar-refractivity contribution in [2.24, 2.45) is 0 Å². The number of carbonyl (C=O) groups excluding carboxylic acids is 2. The number of rotatable bonds is 9. The maximum Gasteiger partial charge on any atom is 0.316 e. The van der Waals surface area contributed by atoms with Crippen LogP contribution in [0.3, 0.4) is 0 Å². The molecule has 34 heavy (non-hydrogen) atoms. The minimum absolute atomic E-state index is 0.0667. The monoisotopic (exact) mass is 466 g/mol. The van der Waals surface area contributed by atoms with Crippen molar-refractivity contribution in [3.63, 3.8) is 0 Å². The summed E-state index contributed by atoms with van der Waals surface area (Å²) >= 11 is 0. The van der Waals surface area contributed by atoms with Gasteiger partial charge in [0.05, 0.1) is 25.7 Å². The minimum atomic E-state index is -0.688. The molecule has 0 aliphatic carbocycles. The summed E-state index contributed by atoms with van der Waals surface area (Å²) in [6.45, 7) is 9.24. The van der Waals surface area contributed by atoms with Gasteiger partial charge in [-0.25, -0.2) is 4.79 Å². The highest BCUT2D eigenvalue weighted by atomic mass is 16.5. The third kappa shape index (κ3) is 7.05. The molecule has 1 aliphatic heterocycles. The zero-order valence-corrected chi connectivity index (χ0v) is 20.8. The number of hydrogen-bond donors (Lipinski definition) is 2. The first-order chi connectivity index (χ1) is 16.3. The lowest BCUT2D eigenvalue weighted by molar-refractivity contribution is -0.141. The average Bonchev–Trinajstić information content (AvgIpc) is 2.84. The van der Waals surface area contributed by atoms with E-state index in [1.54, 1.807) is 0 Å². The van der Waals surface area contributed by atoms with Gasteiger partial charge in [-0.3, -0.25) is 14.6 Å². The molecular weight excluding hydrogens is 428 g/mol. The second-order valence-corrected chi connectivity index (χ2v) is 9.46. The second-order valence-electron chi connectivity index (χ2n) is 9.46. The molecule has 1 aliphatic rings. The SMILES string of the molecule is CCC(NC(=O)NC(C)(C)CC(=O)OC)N1CCN(C(c2ccccc2)c2ccccc2)CC1. The van der Waals surface area contributed by atoms with Gasteiger partial charge in [0.15, 0.2) is 0 Å². The topological polar surface area (TPSA) is 73.9 Å². The van der Waals surface area contributed by atoms with Gasteiger partial charge in [-0.15, -0.1) is 0 Å². The minimum Gasteiger partial charge on any atom is -0.469 e. The van der Waals surface area contributed by atoms with Gasteiger partial charge in [0, 0.05) is 31.7 Å². The van der Waals surface area contributed by atoms with Crippen LogP contribution in [-0.2, 0) is 9.53 Å². The van der Waals surface area contributed by atoms with E-state index in [1.165, 1.54) is 18.2 Å². The maximum absolute atomic E-state index is 12.7. The number of nitrogens with zero attached hydrogens (tertiary/aromatic N) is 2. The van der Waals surface area contributed by atoms with Crippen molar-refractivity contribution in [2.75, 3.05) is 33.3 Å². The highest BCUT2D eigenvalue weighted by Gasteiger charge is 2.30. The third-order valence-electron chi connectivity index (χ3n) is 6.34. The van der Waals surface area contributed by atoms with E-state index >= 15 is 0 Å². The molecule has 184 valence electrons. The Hall–Kier alpha value is -2.90. The van der Waals surface area contributed by atoms with Gasteiger partial charge < -0.3 is 15.4 Å². The number of esters is 1. The summed E-state index contributed by atoms with van der Waals surface area (Å²) in [6.07, 6.45) is 0.848. The van der Waals surface area contributed by atoms with E-state index in [0.29, 0.717) is 0 Å². The molecule has 2 aromatic rings. The molecule has 0 spiro atoms. The van der Waals surface area contributed by atoms with E-state index in [1.807, 2.05) is 13.8 Å². The zero-order valence-electron chi connectivity index (χ0n) is 20.8. The first kappa shape index (κ1) is 25.7. The number of amides is 2. The standard InChI is InChI=1S/C27H38N4O3/c1-5-23(28-26(33)29-27(2,3)20-24(32)34-4)30-16-18-31(19-17-30)25(21-12-8-6-9-13-21)22-14-10-7-11-15-22/h6-15,23,25H,5,16-20H2,1-4H3,(H2,28,29,33). The van der Waals surface area contributed by atoms with Gasteiger partial charge in [0.25, 0.3) is 0 Å². The Morgan fingerprint density at radius 3 is 1.88 bits per heavy atom. The fourth-order valence-corrected chi connectivity index (χ4v) is 4.62. The van der Waals surface area contributed by atoms with Crippen molar-refractivity contribution in [3.8, 4) is 0 Å². The molecule has 7 nitrogen and oxygen atoms in total. The average molecular weight is 467 g/mol. The first-order valence-electron chi connectivity index (χ1n) is 12.1. The number of benzene rings is 2. The number of piperazine rings is 1. The Bertz CT molecular complexity index is 872. The Labute approximate surface area is 203 Å². The lowest BCUT2D eigenvalue weighted by atomic mass is 9.96. The number of methoxy groups -OCH3 is 1. The summed E-state index contributed by atoms with van der Waals surface area (Å²) in [7, 11) is 1.35. The Morgan fingerprint density at radius 2 is 1.41 bits per heavy atom. The molecule has 2 N–H and O–H groups in total. The van der Waals surface area contributed by atoms with E-state index < -0.39 is 5.54 Å². The summed E-state index contributed by atoms with van der Waals surface area (Å²) in [6, 6.07) is 21.2. The lowest BCUT2D eigenvalue weighted by Gasteiger charge is -2.42. The van der Waals surface area contributed by atoms with Gasteiger partial charge in [-0.1, -0.05) is 67.6 Å². The molecule has 2 amide bonds. The van der Waals surface area contributed by atoms with E-state index in [2.05, 4.69) is 88.0 Å². The van der Waals surface area contributed by atoms with Gasteiger partial charge in [-0.2, -0.15) is 0 Å². The Balaban J connectivity index is 1.61. The summed E-state index contributed by atoms with van der Waals surface area (Å²) in [5.41, 5.74) is 1.89. The smallest absolute Gasteiger partial charge is 0.316 e. The molecule has 1 heterocycles. The predicted octanol–water partition coefficient (Wildman–Crippen LogP) is 3.77. The number of ether oxygens (including phenoxy) is 1. The van der Waals surface area contributed by atoms with Crippen LogP contribution in [0.4, 0.5) is 4.79 Å². The summed E-state index contributed by atoms with van der Waals surface area (Å²) in [5, 5.41) is 6.00. The van der Waals surface area contributed by atoms with Crippen LogP contribution < -0.4 is 10.6 Å². The van der Waals surface area contributed by atoms with Crippen molar-refractivity contribution in [1.29, 1.82) is 0 Å². The van der Waals surface area contributed by atoms with Crippen LogP contribution >= 0.6 is 0 Å². The molecular formula is C27H38N4O3. The van der Waals surface area contributed by atoms with E-state index in [-0.39, 0.29) is 30.6 Å². The van der Waals surface area contributed by atoms with Crippen LogP contribution in [0.5, 0.6) is 0 Å². The van der Waals surface area contributed by atoms with Crippen molar-refractivity contribution >= 4 is 12.0 Å².